The first-order valence-electron chi connectivity index (χ1n) is 15.5. The van der Waals surface area contributed by atoms with E-state index >= 15 is 17.6 Å². The molecule has 0 radical (unpaired) electrons. The highest BCUT2D eigenvalue weighted by Gasteiger charge is 2.39. The number of carbonyl (C=O) groups is 1. The fourth-order valence-electron chi connectivity index (χ4n) is 6.14. The normalized spacial score (nSPS) is 20.0. The van der Waals surface area contributed by atoms with Crippen molar-refractivity contribution in [3.8, 4) is 22.9 Å². The molecule has 0 saturated heterocycles. The Hall–Kier alpha value is -4.52. The number of nitrogens with zero attached hydrogens (tertiary/aromatic N) is 3. The molecule has 2 atom stereocenters. The molecule has 48 heavy (non-hydrogen) atoms. The lowest BCUT2D eigenvalue weighted by molar-refractivity contribution is -0.136. The number of fused-ring (bicyclic) bond motifs is 8. The van der Waals surface area contributed by atoms with Crippen LogP contribution in [0.2, 0.25) is 0 Å². The number of aromatic amines is 1. The molecule has 0 spiro atoms. The number of nitrogens with one attached hydrogen (secondary N) is 1. The van der Waals surface area contributed by atoms with Gasteiger partial charge in [0.1, 0.15) is 11.6 Å². The highest BCUT2D eigenvalue weighted by atomic mass is 32.2. The molecular formula is C35H34F4N4O4S. The van der Waals surface area contributed by atoms with Gasteiger partial charge >= 0.3 is 5.97 Å². The second-order valence-electron chi connectivity index (χ2n) is 12.4. The second kappa shape index (κ2) is 13.2. The van der Waals surface area contributed by atoms with E-state index in [2.05, 4.69) is 15.1 Å². The molecule has 0 amide bonds. The molecule has 3 aromatic carbocycles. The van der Waals surface area contributed by atoms with Crippen LogP contribution in [0.1, 0.15) is 55.1 Å². The molecule has 0 saturated carbocycles. The van der Waals surface area contributed by atoms with Gasteiger partial charge in [0.25, 0.3) is 0 Å². The summed E-state index contributed by atoms with van der Waals surface area (Å²) in [5, 5.41) is 14.4. The number of aryl methyl sites for hydroxylation is 3. The molecule has 252 valence electrons. The van der Waals surface area contributed by atoms with Crippen molar-refractivity contribution >= 4 is 27.7 Å². The van der Waals surface area contributed by atoms with Crippen molar-refractivity contribution in [2.45, 2.75) is 56.8 Å². The molecule has 1 aliphatic rings. The molecule has 8 nitrogen and oxygen atoms in total. The van der Waals surface area contributed by atoms with Crippen molar-refractivity contribution in [2.75, 3.05) is 11.5 Å². The van der Waals surface area contributed by atoms with Crippen molar-refractivity contribution in [1.82, 2.24) is 19.7 Å². The van der Waals surface area contributed by atoms with E-state index in [-0.39, 0.29) is 65.9 Å². The summed E-state index contributed by atoms with van der Waals surface area (Å²) >= 11 is 0. The molecule has 0 fully saturated rings. The molecule has 3 heterocycles. The van der Waals surface area contributed by atoms with Gasteiger partial charge in [0.05, 0.1) is 11.0 Å². The summed E-state index contributed by atoms with van der Waals surface area (Å²) in [5.41, 5.74) is 1.02. The number of rotatable bonds is 4. The number of alkyl halides is 2. The number of halogens is 4. The molecule has 0 aliphatic carbocycles. The van der Waals surface area contributed by atoms with Crippen LogP contribution in [-0.2, 0) is 40.9 Å². The molecule has 4 bridgehead atoms. The maximum Gasteiger partial charge on any atom is 0.303 e. The minimum Gasteiger partial charge on any atom is -0.481 e. The zero-order valence-corrected chi connectivity index (χ0v) is 27.2. The third-order valence-electron chi connectivity index (χ3n) is 8.98. The van der Waals surface area contributed by atoms with Gasteiger partial charge in [0.2, 0.25) is 5.92 Å². The monoisotopic (exact) mass is 682 g/mol. The van der Waals surface area contributed by atoms with Gasteiger partial charge in [0, 0.05) is 77.3 Å². The van der Waals surface area contributed by atoms with Crippen LogP contribution in [0, 0.1) is 11.6 Å². The van der Waals surface area contributed by atoms with Gasteiger partial charge in [-0.05, 0) is 61.6 Å². The average molecular weight is 683 g/mol. The highest BCUT2D eigenvalue weighted by molar-refractivity contribution is 7.84. The van der Waals surface area contributed by atoms with E-state index in [0.29, 0.717) is 27.6 Å². The van der Waals surface area contributed by atoms with E-state index in [0.717, 1.165) is 0 Å². The number of ether oxygens (including phenoxy) is 1. The van der Waals surface area contributed by atoms with Crippen molar-refractivity contribution in [2.24, 2.45) is 7.05 Å². The van der Waals surface area contributed by atoms with Crippen LogP contribution in [0.15, 0.2) is 60.8 Å². The largest absolute Gasteiger partial charge is 0.481 e. The number of hydrogen-bond acceptors (Lipinski definition) is 5. The Bertz CT molecular complexity index is 2030. The quantitative estimate of drug-likeness (QED) is 0.191. The van der Waals surface area contributed by atoms with Crippen molar-refractivity contribution in [3.63, 3.8) is 0 Å². The van der Waals surface area contributed by atoms with Crippen LogP contribution < -0.4 is 4.74 Å². The van der Waals surface area contributed by atoms with Crippen molar-refractivity contribution < 1.29 is 36.4 Å². The van der Waals surface area contributed by atoms with Crippen LogP contribution in [0.3, 0.4) is 0 Å². The van der Waals surface area contributed by atoms with Crippen molar-refractivity contribution in [3.05, 3.63) is 94.9 Å². The van der Waals surface area contributed by atoms with E-state index in [9.17, 15) is 14.1 Å². The predicted molar refractivity (Wildman–Crippen MR) is 174 cm³/mol. The van der Waals surface area contributed by atoms with Crippen LogP contribution in [0.5, 0.6) is 11.5 Å². The molecular weight excluding hydrogens is 648 g/mol. The summed E-state index contributed by atoms with van der Waals surface area (Å²) in [4.78, 5) is 18.9. The zero-order valence-electron chi connectivity index (χ0n) is 26.4. The number of hydrogen-bond donors (Lipinski definition) is 2. The fraction of sp³-hybridized carbons (Fsp3) is 0.343. The van der Waals surface area contributed by atoms with Crippen LogP contribution in [0.25, 0.3) is 22.3 Å². The maximum atomic E-state index is 15.5. The number of aliphatic carboxylic acids is 1. The second-order valence-corrected chi connectivity index (χ2v) is 14.1. The first-order valence-corrected chi connectivity index (χ1v) is 17.0. The Morgan fingerprint density at radius 2 is 1.88 bits per heavy atom. The lowest BCUT2D eigenvalue weighted by atomic mass is 9.76. The Balaban J connectivity index is 1.48. The lowest BCUT2D eigenvalue weighted by Crippen LogP contribution is -2.30. The fourth-order valence-corrected chi connectivity index (χ4v) is 7.30. The summed E-state index contributed by atoms with van der Waals surface area (Å²) in [6.07, 6.45) is 0.539. The van der Waals surface area contributed by atoms with Crippen LogP contribution in [0.4, 0.5) is 17.6 Å². The van der Waals surface area contributed by atoms with Gasteiger partial charge in [-0.1, -0.05) is 24.3 Å². The summed E-state index contributed by atoms with van der Waals surface area (Å²) in [6, 6.07) is 13.9. The number of aromatic nitrogens is 4. The minimum absolute atomic E-state index is 0.00328. The molecule has 2 N–H and O–H groups in total. The Morgan fingerprint density at radius 1 is 1.06 bits per heavy atom. The van der Waals surface area contributed by atoms with E-state index in [1.807, 2.05) is 0 Å². The van der Waals surface area contributed by atoms with E-state index in [4.69, 9.17) is 4.74 Å². The summed E-state index contributed by atoms with van der Waals surface area (Å²) in [5.74, 6) is -5.50. The zero-order chi connectivity index (χ0) is 34.2. The molecule has 13 heteroatoms. The highest BCUT2D eigenvalue weighted by Crippen LogP contribution is 2.41. The summed E-state index contributed by atoms with van der Waals surface area (Å²) in [7, 11) is -0.0893. The first kappa shape index (κ1) is 33.4. The van der Waals surface area contributed by atoms with E-state index in [1.54, 1.807) is 50.5 Å². The van der Waals surface area contributed by atoms with Crippen molar-refractivity contribution in [1.29, 1.82) is 0 Å². The molecule has 6 rings (SSSR count). The minimum atomic E-state index is -3.19. The average Bonchev–Trinajstić information content (AvgIpc) is 3.68. The van der Waals surface area contributed by atoms with Gasteiger partial charge < -0.3 is 14.8 Å². The SMILES string of the molecule is Cn1nc2nc1-c1cc(ccc1F)Oc1c(F)cc3[nH]ccc3c1CCS(=O)CCC(F)(F)CCC2(C)c1cccc(CCC(=O)O)c1. The molecule has 5 aromatic rings. The summed E-state index contributed by atoms with van der Waals surface area (Å²) in [6.45, 7) is 1.73. The van der Waals surface area contributed by atoms with Gasteiger partial charge in [-0.3, -0.25) is 9.00 Å². The Kier molecular flexibility index (Phi) is 9.16. The third kappa shape index (κ3) is 6.87. The van der Waals surface area contributed by atoms with Gasteiger partial charge in [-0.15, -0.1) is 0 Å². The smallest absolute Gasteiger partial charge is 0.303 e. The Morgan fingerprint density at radius 3 is 2.67 bits per heavy atom. The van der Waals surface area contributed by atoms with Crippen LogP contribution >= 0.6 is 0 Å². The predicted octanol–water partition coefficient (Wildman–Crippen LogP) is 7.47. The van der Waals surface area contributed by atoms with Crippen LogP contribution in [-0.4, -0.2) is 52.5 Å². The number of carboxylic acid groups (broad SMARTS) is 1. The first-order chi connectivity index (χ1) is 22.8. The molecule has 1 aliphatic heterocycles. The lowest BCUT2D eigenvalue weighted by Gasteiger charge is -2.30. The van der Waals surface area contributed by atoms with Gasteiger partial charge in [-0.2, -0.15) is 5.10 Å². The number of carboxylic acids is 1. The standard InChI is InChI=1S/C35H34F4N4O4S/c1-34(22-5-3-4-21(18-22)6-9-30(44)45)12-13-35(38,39)14-17-48(46)16-11-25-24-10-15-40-29(24)20-28(37)31(25)47-23-7-8-27(36)26(19-23)32-41-33(34)42-43(32)2/h3-5,7-8,10,15,18-20,40H,6,9,11-14,16-17H2,1-2H3,(H,44,45). The number of benzene rings is 3. The summed E-state index contributed by atoms with van der Waals surface area (Å²) < 4.78 is 82.5. The van der Waals surface area contributed by atoms with E-state index < -0.39 is 52.6 Å². The van der Waals surface area contributed by atoms with Gasteiger partial charge in [0.15, 0.2) is 23.2 Å². The molecule has 2 unspecified atom stereocenters. The van der Waals surface area contributed by atoms with Gasteiger partial charge in [-0.25, -0.2) is 27.2 Å². The van der Waals surface area contributed by atoms with E-state index in [1.165, 1.54) is 28.9 Å². The topological polar surface area (TPSA) is 110 Å². The number of H-pyrrole nitrogens is 1. The third-order valence-corrected chi connectivity index (χ3v) is 10.3. The maximum absolute atomic E-state index is 15.5. The Labute approximate surface area is 276 Å². The molecule has 2 aromatic heterocycles.